The van der Waals surface area contributed by atoms with E-state index in [9.17, 15) is 18.3 Å². The van der Waals surface area contributed by atoms with Crippen LogP contribution in [0, 0.1) is 0 Å². The van der Waals surface area contributed by atoms with E-state index in [1.54, 1.807) is 6.20 Å². The molecule has 1 aliphatic rings. The highest BCUT2D eigenvalue weighted by Gasteiger charge is 2.33. The lowest BCUT2D eigenvalue weighted by atomic mass is 10.0. The van der Waals surface area contributed by atoms with Crippen LogP contribution in [0.2, 0.25) is 5.02 Å². The third kappa shape index (κ3) is 4.75. The van der Waals surface area contributed by atoms with Crippen LogP contribution in [0.3, 0.4) is 0 Å². The normalized spacial score (nSPS) is 14.8. The second-order valence-corrected chi connectivity index (χ2v) is 7.68. The van der Waals surface area contributed by atoms with E-state index in [1.807, 2.05) is 35.2 Å². The summed E-state index contributed by atoms with van der Waals surface area (Å²) < 4.78 is 39.2. The molecule has 1 saturated heterocycles. The molecule has 0 spiro atoms. The van der Waals surface area contributed by atoms with Crippen molar-refractivity contribution in [3.63, 3.8) is 0 Å². The molecule has 0 bridgehead atoms. The van der Waals surface area contributed by atoms with E-state index in [0.717, 1.165) is 31.1 Å². The Morgan fingerprint density at radius 1 is 1.13 bits per heavy atom. The van der Waals surface area contributed by atoms with Gasteiger partial charge >= 0.3 is 6.18 Å². The Hall–Kier alpha value is -2.84. The SMILES string of the molecule is O[C@@H](CNc1nc(N2CCC2)ncc1-c1ccc(C(F)(F)F)c(Cl)c1)c1ccccc1. The van der Waals surface area contributed by atoms with Crippen molar-refractivity contribution in [1.29, 1.82) is 0 Å². The van der Waals surface area contributed by atoms with Crippen molar-refractivity contribution in [2.45, 2.75) is 18.7 Å². The van der Waals surface area contributed by atoms with Crippen molar-refractivity contribution in [1.82, 2.24) is 9.97 Å². The first-order valence-corrected chi connectivity index (χ1v) is 10.2. The van der Waals surface area contributed by atoms with E-state index in [1.165, 1.54) is 12.1 Å². The number of hydrogen-bond acceptors (Lipinski definition) is 5. The first-order valence-electron chi connectivity index (χ1n) is 9.79. The standard InChI is InChI=1S/C22H20ClF3N4O/c23-18-11-15(7-8-17(18)22(24,25)26)16-12-28-21(30-9-4-10-30)29-20(16)27-13-19(31)14-5-2-1-3-6-14/h1-3,5-8,11-12,19,31H,4,9-10,13H2,(H,27,28,29)/t19-/m0/s1. The highest BCUT2D eigenvalue weighted by Crippen LogP contribution is 2.38. The van der Waals surface area contributed by atoms with Gasteiger partial charge in [-0.15, -0.1) is 0 Å². The van der Waals surface area contributed by atoms with Gasteiger partial charge < -0.3 is 15.3 Å². The number of benzene rings is 2. The molecule has 1 aliphatic heterocycles. The first-order chi connectivity index (χ1) is 14.8. The molecule has 2 aromatic carbocycles. The van der Waals surface area contributed by atoms with Gasteiger partial charge in [0.05, 0.1) is 16.7 Å². The van der Waals surface area contributed by atoms with Gasteiger partial charge in [-0.1, -0.05) is 48.0 Å². The van der Waals surface area contributed by atoms with E-state index in [0.29, 0.717) is 22.9 Å². The zero-order chi connectivity index (χ0) is 22.0. The van der Waals surface area contributed by atoms with E-state index >= 15 is 0 Å². The number of anilines is 2. The maximum Gasteiger partial charge on any atom is 0.417 e. The van der Waals surface area contributed by atoms with Gasteiger partial charge in [0.15, 0.2) is 0 Å². The Kier molecular flexibility index (Phi) is 6.02. The molecule has 1 aromatic heterocycles. The van der Waals surface area contributed by atoms with Gasteiger partial charge in [-0.2, -0.15) is 18.2 Å². The van der Waals surface area contributed by atoms with Gasteiger partial charge in [0, 0.05) is 31.4 Å². The van der Waals surface area contributed by atoms with E-state index in [-0.39, 0.29) is 6.54 Å². The summed E-state index contributed by atoms with van der Waals surface area (Å²) in [6.45, 7) is 1.86. The van der Waals surface area contributed by atoms with Crippen molar-refractivity contribution in [2.24, 2.45) is 0 Å². The number of aliphatic hydroxyl groups is 1. The van der Waals surface area contributed by atoms with Crippen LogP contribution in [0.5, 0.6) is 0 Å². The lowest BCUT2D eigenvalue weighted by Gasteiger charge is -2.31. The Bertz CT molecular complexity index is 1060. The van der Waals surface area contributed by atoms with E-state index in [2.05, 4.69) is 15.3 Å². The van der Waals surface area contributed by atoms with Crippen LogP contribution >= 0.6 is 11.6 Å². The average Bonchev–Trinajstić information content (AvgIpc) is 2.70. The van der Waals surface area contributed by atoms with Crippen LogP contribution in [0.15, 0.2) is 54.7 Å². The maximum atomic E-state index is 13.1. The third-order valence-electron chi connectivity index (χ3n) is 5.15. The second-order valence-electron chi connectivity index (χ2n) is 7.27. The number of nitrogens with zero attached hydrogens (tertiary/aromatic N) is 3. The monoisotopic (exact) mass is 448 g/mol. The van der Waals surface area contributed by atoms with Gasteiger partial charge in [0.25, 0.3) is 0 Å². The number of rotatable bonds is 6. The highest BCUT2D eigenvalue weighted by molar-refractivity contribution is 6.31. The van der Waals surface area contributed by atoms with Crippen LogP contribution in [0.4, 0.5) is 24.9 Å². The molecule has 0 radical (unpaired) electrons. The van der Waals surface area contributed by atoms with Gasteiger partial charge in [0.1, 0.15) is 5.82 Å². The lowest BCUT2D eigenvalue weighted by molar-refractivity contribution is -0.137. The molecule has 1 atom stereocenters. The minimum Gasteiger partial charge on any atom is -0.387 e. The minimum absolute atomic E-state index is 0.168. The number of aromatic nitrogens is 2. The summed E-state index contributed by atoms with van der Waals surface area (Å²) in [4.78, 5) is 10.9. The Labute approximate surface area is 182 Å². The van der Waals surface area contributed by atoms with Crippen molar-refractivity contribution in [3.8, 4) is 11.1 Å². The summed E-state index contributed by atoms with van der Waals surface area (Å²) in [7, 11) is 0. The molecule has 2 N–H and O–H groups in total. The molecule has 162 valence electrons. The summed E-state index contributed by atoms with van der Waals surface area (Å²) in [6, 6.07) is 12.7. The smallest absolute Gasteiger partial charge is 0.387 e. The van der Waals surface area contributed by atoms with Crippen LogP contribution in [-0.4, -0.2) is 34.7 Å². The molecule has 3 aromatic rings. The molecular weight excluding hydrogens is 429 g/mol. The fourth-order valence-electron chi connectivity index (χ4n) is 3.29. The molecule has 0 amide bonds. The molecule has 0 saturated carbocycles. The van der Waals surface area contributed by atoms with Crippen LogP contribution in [-0.2, 0) is 6.18 Å². The van der Waals surface area contributed by atoms with Crippen LogP contribution < -0.4 is 10.2 Å². The molecule has 1 fully saturated rings. The predicted molar refractivity (Wildman–Crippen MR) is 114 cm³/mol. The molecule has 2 heterocycles. The van der Waals surface area contributed by atoms with E-state index in [4.69, 9.17) is 11.6 Å². The van der Waals surface area contributed by atoms with Crippen LogP contribution in [0.25, 0.3) is 11.1 Å². The summed E-state index contributed by atoms with van der Waals surface area (Å²) in [5.41, 5.74) is 0.793. The molecule has 0 aliphatic carbocycles. The molecule has 31 heavy (non-hydrogen) atoms. The average molecular weight is 449 g/mol. The molecule has 4 rings (SSSR count). The van der Waals surface area contributed by atoms with Crippen molar-refractivity contribution >= 4 is 23.4 Å². The fourth-order valence-corrected chi connectivity index (χ4v) is 3.57. The van der Waals surface area contributed by atoms with Gasteiger partial charge in [0.2, 0.25) is 5.95 Å². The second kappa shape index (κ2) is 8.72. The minimum atomic E-state index is -4.53. The van der Waals surface area contributed by atoms with Crippen molar-refractivity contribution in [3.05, 3.63) is 70.9 Å². The van der Waals surface area contributed by atoms with Gasteiger partial charge in [-0.05, 0) is 29.7 Å². The van der Waals surface area contributed by atoms with Crippen molar-refractivity contribution < 1.29 is 18.3 Å². The van der Waals surface area contributed by atoms with Crippen LogP contribution in [0.1, 0.15) is 23.7 Å². The summed E-state index contributed by atoms with van der Waals surface area (Å²) in [6.07, 6.45) is -2.70. The van der Waals surface area contributed by atoms with Crippen molar-refractivity contribution in [2.75, 3.05) is 29.9 Å². The lowest BCUT2D eigenvalue weighted by Crippen LogP contribution is -2.38. The third-order valence-corrected chi connectivity index (χ3v) is 5.46. The zero-order valence-corrected chi connectivity index (χ0v) is 17.2. The summed E-state index contributed by atoms with van der Waals surface area (Å²) >= 11 is 5.91. The summed E-state index contributed by atoms with van der Waals surface area (Å²) in [5.74, 6) is 0.951. The van der Waals surface area contributed by atoms with E-state index < -0.39 is 22.9 Å². The Morgan fingerprint density at radius 2 is 1.87 bits per heavy atom. The molecule has 5 nitrogen and oxygen atoms in total. The number of nitrogens with one attached hydrogen (secondary N) is 1. The number of halogens is 4. The first kappa shape index (κ1) is 21.4. The highest BCUT2D eigenvalue weighted by atomic mass is 35.5. The topological polar surface area (TPSA) is 61.3 Å². The molecule has 9 heteroatoms. The Morgan fingerprint density at radius 3 is 2.48 bits per heavy atom. The number of aliphatic hydroxyl groups excluding tert-OH is 1. The zero-order valence-electron chi connectivity index (χ0n) is 16.4. The molecule has 0 unspecified atom stereocenters. The maximum absolute atomic E-state index is 13.1. The fraction of sp³-hybridized carbons (Fsp3) is 0.273. The quantitative estimate of drug-likeness (QED) is 0.544. The largest absolute Gasteiger partial charge is 0.417 e. The molecular formula is C22H20ClF3N4O. The predicted octanol–water partition coefficient (Wildman–Crippen LogP) is 5.17. The van der Waals surface area contributed by atoms with Gasteiger partial charge in [-0.25, -0.2) is 4.98 Å². The number of alkyl halides is 3. The number of hydrogen-bond donors (Lipinski definition) is 2. The van der Waals surface area contributed by atoms with Gasteiger partial charge in [-0.3, -0.25) is 0 Å². The Balaban J connectivity index is 1.64. The summed E-state index contributed by atoms with van der Waals surface area (Å²) in [5, 5.41) is 13.2.